The second-order valence-corrected chi connectivity index (χ2v) is 4.92. The minimum atomic E-state index is -0.520. The van der Waals surface area contributed by atoms with Gasteiger partial charge in [0.15, 0.2) is 0 Å². The molecule has 8 heteroatoms. The van der Waals surface area contributed by atoms with E-state index in [2.05, 4.69) is 15.7 Å². The number of hydrogen-bond donors (Lipinski definition) is 4. The summed E-state index contributed by atoms with van der Waals surface area (Å²) in [6.07, 6.45) is 3.96. The molecule has 1 aromatic heterocycles. The molecule has 1 aliphatic carbocycles. The number of hydrogen-bond acceptors (Lipinski definition) is 7. The van der Waals surface area contributed by atoms with Crippen molar-refractivity contribution in [3.63, 3.8) is 0 Å². The van der Waals surface area contributed by atoms with Crippen molar-refractivity contribution in [1.82, 2.24) is 4.98 Å². The molecule has 5 N–H and O–H groups in total. The summed E-state index contributed by atoms with van der Waals surface area (Å²) in [4.78, 5) is 14.6. The lowest BCUT2D eigenvalue weighted by Crippen LogP contribution is -2.33. The van der Waals surface area contributed by atoms with Gasteiger partial charge in [0.05, 0.1) is 17.1 Å². The molecule has 0 radical (unpaired) electrons. The van der Waals surface area contributed by atoms with Crippen molar-refractivity contribution in [1.29, 1.82) is 0 Å². The van der Waals surface area contributed by atoms with E-state index in [-0.39, 0.29) is 17.5 Å². The lowest BCUT2D eigenvalue weighted by molar-refractivity contribution is -0.384. The predicted octanol–water partition coefficient (Wildman–Crippen LogP) is 1.38. The molecule has 110 valence electrons. The second-order valence-electron chi connectivity index (χ2n) is 4.92. The Morgan fingerprint density at radius 1 is 1.35 bits per heavy atom. The zero-order valence-corrected chi connectivity index (χ0v) is 11.1. The summed E-state index contributed by atoms with van der Waals surface area (Å²) in [5, 5.41) is 24.1. The molecule has 0 aliphatic heterocycles. The monoisotopic (exact) mass is 281 g/mol. The summed E-state index contributed by atoms with van der Waals surface area (Å²) >= 11 is 0. The highest BCUT2D eigenvalue weighted by Crippen LogP contribution is 2.27. The van der Waals surface area contributed by atoms with Crippen LogP contribution in [0.2, 0.25) is 0 Å². The fourth-order valence-electron chi connectivity index (χ4n) is 2.42. The number of aromatic nitrogens is 1. The third-order valence-corrected chi connectivity index (χ3v) is 3.52. The molecule has 0 bridgehead atoms. The Morgan fingerprint density at radius 2 is 2.10 bits per heavy atom. The van der Waals surface area contributed by atoms with Crippen molar-refractivity contribution in [3.8, 4) is 0 Å². The van der Waals surface area contributed by atoms with E-state index >= 15 is 0 Å². The Kier molecular flexibility index (Phi) is 4.70. The Morgan fingerprint density at radius 3 is 2.80 bits per heavy atom. The second kappa shape index (κ2) is 6.49. The number of rotatable bonds is 4. The molecule has 2 rings (SSSR count). The zero-order valence-electron chi connectivity index (χ0n) is 11.1. The minimum absolute atomic E-state index is 0.125. The van der Waals surface area contributed by atoms with Crippen LogP contribution in [0.1, 0.15) is 32.1 Å². The molecule has 0 aromatic carbocycles. The van der Waals surface area contributed by atoms with E-state index in [0.29, 0.717) is 12.2 Å². The topological polar surface area (TPSA) is 126 Å². The van der Waals surface area contributed by atoms with Crippen LogP contribution in [-0.4, -0.2) is 27.2 Å². The summed E-state index contributed by atoms with van der Waals surface area (Å²) in [5.41, 5.74) is 2.23. The van der Waals surface area contributed by atoms with Crippen LogP contribution < -0.4 is 16.6 Å². The number of nitrogens with one attached hydrogen (secondary N) is 2. The van der Waals surface area contributed by atoms with Gasteiger partial charge in [-0.25, -0.2) is 10.8 Å². The van der Waals surface area contributed by atoms with Crippen LogP contribution in [0.25, 0.3) is 0 Å². The van der Waals surface area contributed by atoms with Crippen LogP contribution in [0.4, 0.5) is 17.3 Å². The van der Waals surface area contributed by atoms with E-state index in [4.69, 9.17) is 5.84 Å². The molecular weight excluding hydrogens is 262 g/mol. The molecular formula is C12H19N5O3. The van der Waals surface area contributed by atoms with E-state index in [9.17, 15) is 15.2 Å². The number of aliphatic hydroxyl groups is 1. The lowest BCUT2D eigenvalue weighted by Gasteiger charge is -2.22. The Hall–Kier alpha value is -1.93. The SMILES string of the molecule is NNc1ccc([N+](=O)[O-])c(NC2CCCCCC2O)n1. The van der Waals surface area contributed by atoms with Crippen molar-refractivity contribution < 1.29 is 10.0 Å². The third kappa shape index (κ3) is 3.34. The van der Waals surface area contributed by atoms with Crippen LogP contribution in [0, 0.1) is 10.1 Å². The average Bonchev–Trinajstić information content (AvgIpc) is 2.64. The Bertz CT molecular complexity index is 482. The highest BCUT2D eigenvalue weighted by molar-refractivity contribution is 5.60. The summed E-state index contributed by atoms with van der Waals surface area (Å²) < 4.78 is 0. The normalized spacial score (nSPS) is 22.9. The molecule has 1 heterocycles. The number of aliphatic hydroxyl groups excluding tert-OH is 1. The predicted molar refractivity (Wildman–Crippen MR) is 75.2 cm³/mol. The molecule has 0 saturated heterocycles. The quantitative estimate of drug-likeness (QED) is 0.284. The maximum Gasteiger partial charge on any atom is 0.311 e. The molecule has 0 amide bonds. The number of anilines is 2. The van der Waals surface area contributed by atoms with Gasteiger partial charge in [0.2, 0.25) is 5.82 Å². The maximum absolute atomic E-state index is 11.0. The molecule has 1 saturated carbocycles. The molecule has 0 spiro atoms. The van der Waals surface area contributed by atoms with Crippen LogP contribution in [0.15, 0.2) is 12.1 Å². The van der Waals surface area contributed by atoms with Crippen molar-refractivity contribution in [2.24, 2.45) is 5.84 Å². The van der Waals surface area contributed by atoms with Gasteiger partial charge in [-0.3, -0.25) is 10.1 Å². The Balaban J connectivity index is 2.23. The minimum Gasteiger partial charge on any atom is -0.391 e. The van der Waals surface area contributed by atoms with Crippen molar-refractivity contribution in [2.45, 2.75) is 44.2 Å². The standard InChI is InChI=1S/C12H19N5O3/c13-16-11-7-6-9(17(19)20)12(15-11)14-8-4-2-1-3-5-10(8)18/h6-8,10,18H,1-5,13H2,(H2,14,15,16). The van der Waals surface area contributed by atoms with Crippen LogP contribution in [0.5, 0.6) is 0 Å². The van der Waals surface area contributed by atoms with Gasteiger partial charge in [0.25, 0.3) is 0 Å². The van der Waals surface area contributed by atoms with E-state index in [1.807, 2.05) is 0 Å². The summed E-state index contributed by atoms with van der Waals surface area (Å²) in [6.45, 7) is 0. The molecule has 1 aromatic rings. The van der Waals surface area contributed by atoms with Gasteiger partial charge in [-0.2, -0.15) is 0 Å². The number of nitrogen functional groups attached to an aromatic ring is 1. The summed E-state index contributed by atoms with van der Waals surface area (Å²) in [7, 11) is 0. The van der Waals surface area contributed by atoms with Gasteiger partial charge < -0.3 is 15.8 Å². The fraction of sp³-hybridized carbons (Fsp3) is 0.583. The number of pyridine rings is 1. The van der Waals surface area contributed by atoms with Gasteiger partial charge in [-0.1, -0.05) is 19.3 Å². The van der Waals surface area contributed by atoms with E-state index < -0.39 is 11.0 Å². The highest BCUT2D eigenvalue weighted by atomic mass is 16.6. The van der Waals surface area contributed by atoms with Crippen molar-refractivity contribution >= 4 is 17.3 Å². The molecule has 20 heavy (non-hydrogen) atoms. The first-order valence-corrected chi connectivity index (χ1v) is 6.68. The van der Waals surface area contributed by atoms with Gasteiger partial charge in [0, 0.05) is 6.07 Å². The first-order valence-electron chi connectivity index (χ1n) is 6.68. The van der Waals surface area contributed by atoms with Crippen LogP contribution in [-0.2, 0) is 0 Å². The van der Waals surface area contributed by atoms with Crippen molar-refractivity contribution in [2.75, 3.05) is 10.7 Å². The fourth-order valence-corrected chi connectivity index (χ4v) is 2.42. The van der Waals surface area contributed by atoms with Gasteiger partial charge in [-0.15, -0.1) is 0 Å². The van der Waals surface area contributed by atoms with Crippen LogP contribution in [0.3, 0.4) is 0 Å². The largest absolute Gasteiger partial charge is 0.391 e. The number of nitro groups is 1. The highest BCUT2D eigenvalue weighted by Gasteiger charge is 2.25. The smallest absolute Gasteiger partial charge is 0.311 e. The first-order chi connectivity index (χ1) is 9.61. The van der Waals surface area contributed by atoms with Gasteiger partial charge in [0.1, 0.15) is 5.82 Å². The molecule has 8 nitrogen and oxygen atoms in total. The van der Waals surface area contributed by atoms with E-state index in [1.165, 1.54) is 12.1 Å². The third-order valence-electron chi connectivity index (χ3n) is 3.52. The van der Waals surface area contributed by atoms with Crippen molar-refractivity contribution in [3.05, 3.63) is 22.2 Å². The number of hydrazine groups is 1. The lowest BCUT2D eigenvalue weighted by atomic mass is 10.1. The number of nitrogens with two attached hydrogens (primary N) is 1. The molecule has 1 aliphatic rings. The number of nitrogens with zero attached hydrogens (tertiary/aromatic N) is 2. The first kappa shape index (κ1) is 14.5. The summed E-state index contributed by atoms with van der Waals surface area (Å²) in [6, 6.07) is 2.55. The van der Waals surface area contributed by atoms with E-state index in [0.717, 1.165) is 25.7 Å². The van der Waals surface area contributed by atoms with E-state index in [1.54, 1.807) is 0 Å². The molecule has 2 atom stereocenters. The van der Waals surface area contributed by atoms with Crippen LogP contribution >= 0.6 is 0 Å². The molecule has 2 unspecified atom stereocenters. The van der Waals surface area contributed by atoms with Gasteiger partial charge in [-0.05, 0) is 18.9 Å². The Labute approximate surface area is 116 Å². The average molecular weight is 281 g/mol. The maximum atomic E-state index is 11.0. The van der Waals surface area contributed by atoms with Gasteiger partial charge >= 0.3 is 5.69 Å². The zero-order chi connectivity index (χ0) is 14.5. The molecule has 1 fully saturated rings. The summed E-state index contributed by atoms with van der Waals surface area (Å²) in [5.74, 6) is 5.74.